The molecule has 3 aromatic rings. The van der Waals surface area contributed by atoms with Crippen molar-refractivity contribution in [3.63, 3.8) is 0 Å². The van der Waals surface area contributed by atoms with Gasteiger partial charge in [-0.25, -0.2) is 4.98 Å². The summed E-state index contributed by atoms with van der Waals surface area (Å²) in [4.78, 5) is 23.3. The molecule has 33 heavy (non-hydrogen) atoms. The molecule has 0 radical (unpaired) electrons. The van der Waals surface area contributed by atoms with Crippen molar-refractivity contribution in [1.29, 1.82) is 0 Å². The van der Waals surface area contributed by atoms with Crippen LogP contribution in [0.4, 0.5) is 0 Å². The van der Waals surface area contributed by atoms with Gasteiger partial charge >= 0.3 is 0 Å². The summed E-state index contributed by atoms with van der Waals surface area (Å²) >= 11 is 0. The Morgan fingerprint density at radius 3 is 2.85 bits per heavy atom. The van der Waals surface area contributed by atoms with Crippen molar-refractivity contribution in [3.05, 3.63) is 52.8 Å². The van der Waals surface area contributed by atoms with Gasteiger partial charge in [0, 0.05) is 61.6 Å². The van der Waals surface area contributed by atoms with Gasteiger partial charge in [0.1, 0.15) is 5.65 Å². The van der Waals surface area contributed by atoms with E-state index in [4.69, 9.17) is 4.74 Å². The summed E-state index contributed by atoms with van der Waals surface area (Å²) in [7, 11) is 0. The van der Waals surface area contributed by atoms with E-state index in [0.29, 0.717) is 31.7 Å². The Morgan fingerprint density at radius 2 is 2.03 bits per heavy atom. The first-order chi connectivity index (χ1) is 16.2. The smallest absolute Gasteiger partial charge is 0.226 e. The maximum Gasteiger partial charge on any atom is 0.226 e. The highest BCUT2D eigenvalue weighted by Gasteiger charge is 2.31. The van der Waals surface area contributed by atoms with Crippen LogP contribution in [-0.4, -0.2) is 47.1 Å². The van der Waals surface area contributed by atoms with Crippen molar-refractivity contribution in [2.75, 3.05) is 26.3 Å². The molecule has 0 bridgehead atoms. The van der Waals surface area contributed by atoms with Crippen molar-refractivity contribution in [2.24, 2.45) is 5.92 Å². The van der Waals surface area contributed by atoms with Gasteiger partial charge in [0.15, 0.2) is 0 Å². The van der Waals surface area contributed by atoms with Crippen LogP contribution in [0.25, 0.3) is 22.2 Å². The lowest BCUT2D eigenvalue weighted by Crippen LogP contribution is -2.41. The molecule has 2 N–H and O–H groups in total. The fourth-order valence-electron chi connectivity index (χ4n) is 5.84. The molecule has 5 heterocycles. The van der Waals surface area contributed by atoms with Gasteiger partial charge in [0.2, 0.25) is 5.91 Å². The Hall–Kier alpha value is -2.70. The van der Waals surface area contributed by atoms with Crippen LogP contribution in [0.15, 0.2) is 30.6 Å². The molecule has 1 amide bonds. The van der Waals surface area contributed by atoms with E-state index in [1.54, 1.807) is 0 Å². The molecule has 0 unspecified atom stereocenters. The number of nitrogens with zero attached hydrogens (tertiary/aromatic N) is 2. The van der Waals surface area contributed by atoms with Crippen molar-refractivity contribution in [3.8, 4) is 11.1 Å². The predicted octanol–water partition coefficient (Wildman–Crippen LogP) is 4.27. The van der Waals surface area contributed by atoms with E-state index in [1.807, 2.05) is 12.4 Å². The number of nitrogens with one attached hydrogen (secondary N) is 2. The molecule has 6 nitrogen and oxygen atoms in total. The summed E-state index contributed by atoms with van der Waals surface area (Å²) in [5.41, 5.74) is 8.65. The lowest BCUT2D eigenvalue weighted by atomic mass is 9.86. The minimum atomic E-state index is 0.114. The number of carbonyl (C=O) groups excluding carboxylic acids is 1. The van der Waals surface area contributed by atoms with Crippen molar-refractivity contribution < 1.29 is 9.53 Å². The predicted molar refractivity (Wildman–Crippen MR) is 129 cm³/mol. The second-order valence-electron chi connectivity index (χ2n) is 9.84. The molecular formula is C27H32N4O2. The van der Waals surface area contributed by atoms with E-state index in [2.05, 4.69) is 45.3 Å². The Balaban J connectivity index is 1.38. The van der Waals surface area contributed by atoms with Gasteiger partial charge in [-0.1, -0.05) is 0 Å². The highest BCUT2D eigenvalue weighted by atomic mass is 16.5. The molecule has 2 saturated heterocycles. The first kappa shape index (κ1) is 20.9. The lowest BCUT2D eigenvalue weighted by Gasteiger charge is -2.35. The molecule has 3 aliphatic rings. The fourth-order valence-corrected chi connectivity index (χ4v) is 5.84. The van der Waals surface area contributed by atoms with E-state index in [9.17, 15) is 4.79 Å². The Morgan fingerprint density at radius 1 is 1.15 bits per heavy atom. The molecule has 0 saturated carbocycles. The minimum Gasteiger partial charge on any atom is -0.381 e. The monoisotopic (exact) mass is 444 g/mol. The summed E-state index contributed by atoms with van der Waals surface area (Å²) in [5.74, 6) is 0.420. The van der Waals surface area contributed by atoms with Crippen molar-refractivity contribution in [1.82, 2.24) is 20.2 Å². The molecule has 3 aliphatic heterocycles. The zero-order valence-corrected chi connectivity index (χ0v) is 19.3. The van der Waals surface area contributed by atoms with Crippen LogP contribution in [0, 0.1) is 12.8 Å². The zero-order valence-electron chi connectivity index (χ0n) is 19.3. The van der Waals surface area contributed by atoms with Crippen LogP contribution < -0.4 is 5.32 Å². The highest BCUT2D eigenvalue weighted by Crippen LogP contribution is 2.36. The molecule has 1 atom stereocenters. The normalized spacial score (nSPS) is 21.5. The number of hydrogen-bond acceptors (Lipinski definition) is 4. The second-order valence-corrected chi connectivity index (χ2v) is 9.84. The molecule has 0 spiro atoms. The van der Waals surface area contributed by atoms with Crippen molar-refractivity contribution in [2.45, 2.75) is 51.6 Å². The van der Waals surface area contributed by atoms with Gasteiger partial charge in [-0.3, -0.25) is 4.79 Å². The van der Waals surface area contributed by atoms with Gasteiger partial charge in [-0.2, -0.15) is 0 Å². The maximum atomic E-state index is 13.3. The average Bonchev–Trinajstić information content (AvgIpc) is 3.53. The number of carbonyl (C=O) groups is 1. The van der Waals surface area contributed by atoms with E-state index < -0.39 is 0 Å². The number of amides is 1. The van der Waals surface area contributed by atoms with Crippen LogP contribution in [0.3, 0.4) is 0 Å². The molecule has 6 rings (SSSR count). The van der Waals surface area contributed by atoms with E-state index in [1.165, 1.54) is 46.0 Å². The van der Waals surface area contributed by atoms with Gasteiger partial charge in [0.05, 0.1) is 0 Å². The molecule has 2 aromatic heterocycles. The fraction of sp³-hybridized carbons (Fsp3) is 0.481. The molecule has 0 aliphatic carbocycles. The largest absolute Gasteiger partial charge is 0.381 e. The Bertz CT molecular complexity index is 1190. The summed E-state index contributed by atoms with van der Waals surface area (Å²) in [6.45, 7) is 6.13. The third kappa shape index (κ3) is 3.85. The van der Waals surface area contributed by atoms with E-state index in [-0.39, 0.29) is 5.92 Å². The third-order valence-corrected chi connectivity index (χ3v) is 7.76. The number of ether oxygens (including phenoxy) is 1. The maximum absolute atomic E-state index is 13.3. The Kier molecular flexibility index (Phi) is 5.43. The average molecular weight is 445 g/mol. The highest BCUT2D eigenvalue weighted by molar-refractivity contribution is 5.85. The molecule has 1 aromatic carbocycles. The number of aryl methyl sites for hydroxylation is 1. The van der Waals surface area contributed by atoms with Gasteiger partial charge in [-0.15, -0.1) is 0 Å². The van der Waals surface area contributed by atoms with Crippen LogP contribution in [0.1, 0.15) is 54.0 Å². The van der Waals surface area contributed by atoms with Crippen LogP contribution >= 0.6 is 0 Å². The quantitative estimate of drug-likeness (QED) is 0.633. The first-order valence-corrected chi connectivity index (χ1v) is 12.4. The SMILES string of the molecule is Cc1c[nH]c2ncc(-c3cc4c(c([C@@H]5CCCN5)c3)CCN(C(=O)C3CCOCC3)C4)cc12. The molecule has 172 valence electrons. The molecule has 6 heteroatoms. The second kappa shape index (κ2) is 8.58. The summed E-state index contributed by atoms with van der Waals surface area (Å²) in [5, 5.41) is 4.88. The van der Waals surface area contributed by atoms with Crippen molar-refractivity contribution >= 4 is 16.9 Å². The standard InChI is InChI=1S/C27H32N4O2/c1-17-14-29-26-23(17)13-20(15-30-26)19-11-21-16-31(27(32)18-5-9-33-10-6-18)8-4-22(21)24(12-19)25-3-2-7-28-25/h11-15,18,25,28H,2-10,16H2,1H3,(H,29,30)/t25-/m0/s1. The lowest BCUT2D eigenvalue weighted by molar-refractivity contribution is -0.139. The number of pyridine rings is 1. The summed E-state index contributed by atoms with van der Waals surface area (Å²) < 4.78 is 5.48. The summed E-state index contributed by atoms with van der Waals surface area (Å²) in [6, 6.07) is 7.34. The minimum absolute atomic E-state index is 0.114. The number of H-pyrrole nitrogens is 1. The number of fused-ring (bicyclic) bond motifs is 2. The van der Waals surface area contributed by atoms with Gasteiger partial charge < -0.3 is 19.9 Å². The van der Waals surface area contributed by atoms with Gasteiger partial charge in [-0.05, 0) is 91.6 Å². The number of hydrogen-bond donors (Lipinski definition) is 2. The molecule has 2 fully saturated rings. The third-order valence-electron chi connectivity index (χ3n) is 7.76. The van der Waals surface area contributed by atoms with Crippen LogP contribution in [-0.2, 0) is 22.5 Å². The van der Waals surface area contributed by atoms with Gasteiger partial charge in [0.25, 0.3) is 0 Å². The number of aromatic nitrogens is 2. The topological polar surface area (TPSA) is 70.2 Å². The van der Waals surface area contributed by atoms with Crippen LogP contribution in [0.2, 0.25) is 0 Å². The Labute approximate surface area is 194 Å². The zero-order chi connectivity index (χ0) is 22.4. The number of rotatable bonds is 3. The number of aromatic amines is 1. The van der Waals surface area contributed by atoms with E-state index in [0.717, 1.165) is 43.6 Å². The van der Waals surface area contributed by atoms with Crippen LogP contribution in [0.5, 0.6) is 0 Å². The van der Waals surface area contributed by atoms with E-state index >= 15 is 0 Å². The molecular weight excluding hydrogens is 412 g/mol. The number of benzene rings is 1. The summed E-state index contributed by atoms with van der Waals surface area (Å²) in [6.07, 6.45) is 9.01. The first-order valence-electron chi connectivity index (χ1n) is 12.4.